The van der Waals surface area contributed by atoms with Crippen molar-refractivity contribution in [1.82, 2.24) is 0 Å². The molecule has 0 spiro atoms. The average molecular weight is 410 g/mol. The van der Waals surface area contributed by atoms with Crippen LogP contribution in [0.2, 0.25) is 0 Å². The second-order valence-electron chi connectivity index (χ2n) is 6.36. The molecule has 0 aromatic heterocycles. The molecule has 2 N–H and O–H groups in total. The second kappa shape index (κ2) is 8.79. The van der Waals surface area contributed by atoms with Crippen LogP contribution in [0.25, 0.3) is 0 Å². The predicted octanol–water partition coefficient (Wildman–Crippen LogP) is 4.45. The van der Waals surface area contributed by atoms with E-state index in [1.807, 2.05) is 38.1 Å². The van der Waals surface area contributed by atoms with E-state index < -0.39 is 10.0 Å². The van der Waals surface area contributed by atoms with E-state index >= 15 is 0 Å². The van der Waals surface area contributed by atoms with Crippen molar-refractivity contribution >= 4 is 27.3 Å². The smallest absolute Gasteiger partial charge is 0.261 e. The van der Waals surface area contributed by atoms with Gasteiger partial charge in [0, 0.05) is 16.9 Å². The molecule has 1 amide bonds. The molecule has 0 unspecified atom stereocenters. The number of ether oxygens (including phenoxy) is 1. The van der Waals surface area contributed by atoms with Gasteiger partial charge in [-0.05, 0) is 74.0 Å². The van der Waals surface area contributed by atoms with Crippen LogP contribution < -0.4 is 14.8 Å². The maximum Gasteiger partial charge on any atom is 0.261 e. The summed E-state index contributed by atoms with van der Waals surface area (Å²) < 4.78 is 32.9. The van der Waals surface area contributed by atoms with E-state index in [9.17, 15) is 13.2 Å². The number of benzene rings is 3. The second-order valence-corrected chi connectivity index (χ2v) is 8.04. The van der Waals surface area contributed by atoms with Crippen LogP contribution in [0.4, 0.5) is 11.4 Å². The maximum absolute atomic E-state index is 12.5. The zero-order chi connectivity index (χ0) is 20.9. The number of sulfonamides is 1. The molecular formula is C22H22N2O4S. The Hall–Kier alpha value is -3.32. The molecule has 3 rings (SSSR count). The van der Waals surface area contributed by atoms with E-state index in [0.717, 1.165) is 11.3 Å². The number of rotatable bonds is 7. The molecule has 0 aliphatic carbocycles. The van der Waals surface area contributed by atoms with Gasteiger partial charge in [0.05, 0.1) is 11.5 Å². The first-order valence-corrected chi connectivity index (χ1v) is 10.6. The van der Waals surface area contributed by atoms with E-state index in [-0.39, 0.29) is 10.8 Å². The largest absolute Gasteiger partial charge is 0.494 e. The minimum Gasteiger partial charge on any atom is -0.494 e. The minimum absolute atomic E-state index is 0.127. The Bertz CT molecular complexity index is 1090. The molecule has 7 heteroatoms. The Morgan fingerprint density at radius 2 is 1.59 bits per heavy atom. The van der Waals surface area contributed by atoms with Crippen LogP contribution in [-0.2, 0) is 10.0 Å². The summed E-state index contributed by atoms with van der Waals surface area (Å²) in [7, 11) is -3.74. The lowest BCUT2D eigenvalue weighted by molar-refractivity contribution is 0.102. The summed E-state index contributed by atoms with van der Waals surface area (Å²) in [6.45, 7) is 4.28. The van der Waals surface area contributed by atoms with Gasteiger partial charge in [-0.1, -0.05) is 18.2 Å². The zero-order valence-electron chi connectivity index (χ0n) is 16.2. The molecule has 150 valence electrons. The highest BCUT2D eigenvalue weighted by atomic mass is 32.2. The van der Waals surface area contributed by atoms with Crippen LogP contribution in [0.1, 0.15) is 22.8 Å². The maximum atomic E-state index is 12.5. The quantitative estimate of drug-likeness (QED) is 0.603. The summed E-state index contributed by atoms with van der Waals surface area (Å²) in [5.74, 6) is 0.343. The summed E-state index contributed by atoms with van der Waals surface area (Å²) >= 11 is 0. The van der Waals surface area contributed by atoms with Crippen LogP contribution in [0.5, 0.6) is 5.75 Å². The van der Waals surface area contributed by atoms with E-state index in [4.69, 9.17) is 4.74 Å². The Morgan fingerprint density at radius 1 is 0.931 bits per heavy atom. The molecule has 0 aliphatic heterocycles. The summed E-state index contributed by atoms with van der Waals surface area (Å²) in [6.07, 6.45) is 0. The number of carbonyl (C=O) groups excluding carboxylic acids is 1. The van der Waals surface area contributed by atoms with E-state index in [1.54, 1.807) is 36.4 Å². The Labute approximate surface area is 170 Å². The molecule has 29 heavy (non-hydrogen) atoms. The summed E-state index contributed by atoms with van der Waals surface area (Å²) in [5, 5.41) is 2.85. The molecule has 3 aromatic carbocycles. The lowest BCUT2D eigenvalue weighted by Crippen LogP contribution is -2.14. The lowest BCUT2D eigenvalue weighted by Gasteiger charge is -2.11. The Balaban J connectivity index is 1.69. The standard InChI is InChI=1S/C22H22N2O4S/c1-3-28-19-12-14-20(15-13-19)29(26,27)24-18-10-8-17(9-11-18)22(25)23-21-7-5-4-6-16(21)2/h4-15,24H,3H2,1-2H3,(H,23,25). The molecular weight excluding hydrogens is 388 g/mol. The van der Waals surface area contributed by atoms with Gasteiger partial charge in [0.25, 0.3) is 15.9 Å². The van der Waals surface area contributed by atoms with Crippen molar-refractivity contribution in [3.05, 3.63) is 83.9 Å². The van der Waals surface area contributed by atoms with Crippen LogP contribution in [0.3, 0.4) is 0 Å². The number of carbonyl (C=O) groups is 1. The van der Waals surface area contributed by atoms with Crippen molar-refractivity contribution < 1.29 is 17.9 Å². The first-order valence-electron chi connectivity index (χ1n) is 9.12. The summed E-state index contributed by atoms with van der Waals surface area (Å²) in [5.41, 5.74) is 2.49. The Morgan fingerprint density at radius 3 is 2.21 bits per heavy atom. The van der Waals surface area contributed by atoms with Gasteiger partial charge in [0.1, 0.15) is 5.75 Å². The molecule has 0 saturated heterocycles. The van der Waals surface area contributed by atoms with E-state index in [0.29, 0.717) is 23.6 Å². The van der Waals surface area contributed by atoms with Gasteiger partial charge in [0.2, 0.25) is 0 Å². The third-order valence-electron chi connectivity index (χ3n) is 4.24. The zero-order valence-corrected chi connectivity index (χ0v) is 17.0. The number of aryl methyl sites for hydroxylation is 1. The first kappa shape index (κ1) is 20.4. The van der Waals surface area contributed by atoms with Crippen molar-refractivity contribution in [2.45, 2.75) is 18.7 Å². The van der Waals surface area contributed by atoms with Crippen molar-refractivity contribution in [3.8, 4) is 5.75 Å². The average Bonchev–Trinajstić information content (AvgIpc) is 2.70. The van der Waals surface area contributed by atoms with Gasteiger partial charge in [-0.15, -0.1) is 0 Å². The highest BCUT2D eigenvalue weighted by molar-refractivity contribution is 7.92. The van der Waals surface area contributed by atoms with Crippen LogP contribution in [0, 0.1) is 6.92 Å². The summed E-state index contributed by atoms with van der Waals surface area (Å²) in [6, 6.07) is 19.9. The molecule has 0 heterocycles. The number of nitrogens with one attached hydrogen (secondary N) is 2. The summed E-state index contributed by atoms with van der Waals surface area (Å²) in [4.78, 5) is 12.5. The third kappa shape index (κ3) is 5.14. The number of anilines is 2. The van der Waals surface area contributed by atoms with E-state index in [1.165, 1.54) is 12.1 Å². The van der Waals surface area contributed by atoms with Crippen molar-refractivity contribution in [3.63, 3.8) is 0 Å². The fourth-order valence-electron chi connectivity index (χ4n) is 2.69. The fraction of sp³-hybridized carbons (Fsp3) is 0.136. The topological polar surface area (TPSA) is 84.5 Å². The van der Waals surface area contributed by atoms with Gasteiger partial charge < -0.3 is 10.1 Å². The predicted molar refractivity (Wildman–Crippen MR) is 114 cm³/mol. The normalized spacial score (nSPS) is 11.0. The van der Waals surface area contributed by atoms with Crippen LogP contribution in [0.15, 0.2) is 77.7 Å². The monoisotopic (exact) mass is 410 g/mol. The lowest BCUT2D eigenvalue weighted by atomic mass is 10.1. The van der Waals surface area contributed by atoms with Crippen molar-refractivity contribution in [2.24, 2.45) is 0 Å². The fourth-order valence-corrected chi connectivity index (χ4v) is 3.75. The molecule has 3 aromatic rings. The van der Waals surface area contributed by atoms with E-state index in [2.05, 4.69) is 10.0 Å². The third-order valence-corrected chi connectivity index (χ3v) is 5.63. The minimum atomic E-state index is -3.74. The number of hydrogen-bond acceptors (Lipinski definition) is 4. The molecule has 0 radical (unpaired) electrons. The van der Waals surface area contributed by atoms with Crippen molar-refractivity contribution in [1.29, 1.82) is 0 Å². The molecule has 0 fully saturated rings. The van der Waals surface area contributed by atoms with Crippen molar-refractivity contribution in [2.75, 3.05) is 16.6 Å². The first-order chi connectivity index (χ1) is 13.9. The van der Waals surface area contributed by atoms with Gasteiger partial charge in [-0.3, -0.25) is 9.52 Å². The highest BCUT2D eigenvalue weighted by Crippen LogP contribution is 2.20. The highest BCUT2D eigenvalue weighted by Gasteiger charge is 2.15. The molecule has 0 saturated carbocycles. The number of hydrogen-bond donors (Lipinski definition) is 2. The Kier molecular flexibility index (Phi) is 6.19. The molecule has 0 aliphatic rings. The molecule has 0 atom stereocenters. The molecule has 0 bridgehead atoms. The molecule has 6 nitrogen and oxygen atoms in total. The van der Waals surface area contributed by atoms with Gasteiger partial charge >= 0.3 is 0 Å². The number of para-hydroxylation sites is 1. The van der Waals surface area contributed by atoms with Crippen LogP contribution >= 0.6 is 0 Å². The van der Waals surface area contributed by atoms with Gasteiger partial charge in [0.15, 0.2) is 0 Å². The van der Waals surface area contributed by atoms with Gasteiger partial charge in [-0.2, -0.15) is 0 Å². The SMILES string of the molecule is CCOc1ccc(S(=O)(=O)Nc2ccc(C(=O)Nc3ccccc3C)cc2)cc1. The van der Waals surface area contributed by atoms with Crippen LogP contribution in [-0.4, -0.2) is 20.9 Å². The number of amides is 1. The van der Waals surface area contributed by atoms with Gasteiger partial charge in [-0.25, -0.2) is 8.42 Å².